The average Bonchev–Trinajstić information content (AvgIpc) is 3.39. The average molecular weight is 489 g/mol. The first-order chi connectivity index (χ1) is 16.8. The SMILES string of the molecule is O=C(NCCc1ccccn1)[C@@H](C1CCCC1)N1CCN(C(=O)c2ccc(C(F)(F)F)cc2)CC1. The van der Waals surface area contributed by atoms with E-state index in [-0.39, 0.29) is 23.4 Å². The zero-order valence-electron chi connectivity index (χ0n) is 19.6. The first kappa shape index (κ1) is 25.2. The molecule has 6 nitrogen and oxygen atoms in total. The molecule has 0 spiro atoms. The van der Waals surface area contributed by atoms with Gasteiger partial charge in [-0.25, -0.2) is 0 Å². The number of carbonyl (C=O) groups excluding carboxylic acids is 2. The number of halogens is 3. The van der Waals surface area contributed by atoms with Gasteiger partial charge in [0.2, 0.25) is 5.91 Å². The minimum absolute atomic E-state index is 0.0235. The van der Waals surface area contributed by atoms with Crippen molar-refractivity contribution in [1.82, 2.24) is 20.1 Å². The molecule has 2 heterocycles. The summed E-state index contributed by atoms with van der Waals surface area (Å²) in [6.07, 6.45) is 2.25. The molecule has 1 saturated carbocycles. The van der Waals surface area contributed by atoms with Gasteiger partial charge < -0.3 is 10.2 Å². The number of alkyl halides is 3. The van der Waals surface area contributed by atoms with E-state index in [4.69, 9.17) is 0 Å². The van der Waals surface area contributed by atoms with Gasteiger partial charge >= 0.3 is 6.18 Å². The van der Waals surface area contributed by atoms with Crippen molar-refractivity contribution in [2.24, 2.45) is 5.92 Å². The van der Waals surface area contributed by atoms with Crippen LogP contribution >= 0.6 is 0 Å². The molecule has 9 heteroatoms. The predicted octanol–water partition coefficient (Wildman–Crippen LogP) is 3.78. The number of carbonyl (C=O) groups is 2. The van der Waals surface area contributed by atoms with Crippen molar-refractivity contribution in [3.8, 4) is 0 Å². The third-order valence-electron chi connectivity index (χ3n) is 6.98. The molecule has 1 atom stereocenters. The Morgan fingerprint density at radius 1 is 1.00 bits per heavy atom. The second-order valence-electron chi connectivity index (χ2n) is 9.25. The van der Waals surface area contributed by atoms with E-state index in [0.717, 1.165) is 43.5 Å². The summed E-state index contributed by atoms with van der Waals surface area (Å²) in [5, 5.41) is 3.09. The number of aromatic nitrogens is 1. The lowest BCUT2D eigenvalue weighted by Crippen LogP contribution is -2.58. The van der Waals surface area contributed by atoms with Gasteiger partial charge in [-0.3, -0.25) is 19.5 Å². The summed E-state index contributed by atoms with van der Waals surface area (Å²) >= 11 is 0. The lowest BCUT2D eigenvalue weighted by molar-refractivity contribution is -0.137. The van der Waals surface area contributed by atoms with E-state index in [0.29, 0.717) is 45.1 Å². The van der Waals surface area contributed by atoms with E-state index in [2.05, 4.69) is 15.2 Å². The molecular weight excluding hydrogens is 457 g/mol. The molecule has 1 saturated heterocycles. The molecule has 0 unspecified atom stereocenters. The summed E-state index contributed by atoms with van der Waals surface area (Å²) in [5.74, 6) is 0.0352. The molecule has 1 aliphatic carbocycles. The number of hydrogen-bond acceptors (Lipinski definition) is 4. The number of amides is 2. The molecule has 2 amide bonds. The van der Waals surface area contributed by atoms with Crippen LogP contribution in [-0.4, -0.2) is 65.4 Å². The normalized spacial score (nSPS) is 18.4. The molecule has 35 heavy (non-hydrogen) atoms. The molecule has 0 bridgehead atoms. The van der Waals surface area contributed by atoms with E-state index >= 15 is 0 Å². The van der Waals surface area contributed by atoms with Crippen LogP contribution in [0, 0.1) is 5.92 Å². The Kier molecular flexibility index (Phi) is 8.05. The van der Waals surface area contributed by atoms with Crippen LogP contribution in [0.25, 0.3) is 0 Å². The Balaban J connectivity index is 1.34. The molecule has 2 fully saturated rings. The molecule has 0 radical (unpaired) electrons. The van der Waals surface area contributed by atoms with Gasteiger partial charge in [-0.15, -0.1) is 0 Å². The Labute approximate surface area is 203 Å². The summed E-state index contributed by atoms with van der Waals surface area (Å²) in [7, 11) is 0. The van der Waals surface area contributed by atoms with Crippen LogP contribution in [0.5, 0.6) is 0 Å². The van der Waals surface area contributed by atoms with Gasteiger partial charge in [0.15, 0.2) is 0 Å². The van der Waals surface area contributed by atoms with E-state index in [1.807, 2.05) is 18.2 Å². The third-order valence-corrected chi connectivity index (χ3v) is 6.98. The Morgan fingerprint density at radius 3 is 2.29 bits per heavy atom. The van der Waals surface area contributed by atoms with Gasteiger partial charge in [0.25, 0.3) is 5.91 Å². The molecule has 2 aromatic rings. The van der Waals surface area contributed by atoms with Crippen molar-refractivity contribution >= 4 is 11.8 Å². The second kappa shape index (κ2) is 11.2. The lowest BCUT2D eigenvalue weighted by Gasteiger charge is -2.40. The van der Waals surface area contributed by atoms with Crippen molar-refractivity contribution in [3.63, 3.8) is 0 Å². The van der Waals surface area contributed by atoms with Crippen molar-refractivity contribution in [2.75, 3.05) is 32.7 Å². The van der Waals surface area contributed by atoms with Crippen LogP contribution in [0.2, 0.25) is 0 Å². The first-order valence-corrected chi connectivity index (χ1v) is 12.2. The first-order valence-electron chi connectivity index (χ1n) is 12.2. The Bertz CT molecular complexity index is 984. The quantitative estimate of drug-likeness (QED) is 0.645. The molecule has 4 rings (SSSR count). The standard InChI is InChI=1S/C26H31F3N4O2/c27-26(28,29)21-10-8-20(9-11-21)25(35)33-17-15-32(16-18-33)23(19-5-1-2-6-19)24(34)31-14-12-22-7-3-4-13-30-22/h3-4,7-11,13,19,23H,1-2,5-6,12,14-18H2,(H,31,34)/t23-/m1/s1. The van der Waals surface area contributed by atoms with Gasteiger partial charge in [0, 0.05) is 56.6 Å². The summed E-state index contributed by atoms with van der Waals surface area (Å²) in [6, 6.07) is 9.83. The molecule has 2 aliphatic rings. The van der Waals surface area contributed by atoms with Gasteiger partial charge in [0.1, 0.15) is 0 Å². The Morgan fingerprint density at radius 2 is 1.69 bits per heavy atom. The summed E-state index contributed by atoms with van der Waals surface area (Å²) in [6.45, 7) is 2.50. The lowest BCUT2D eigenvalue weighted by atomic mass is 9.95. The molecule has 188 valence electrons. The number of piperazine rings is 1. The highest BCUT2D eigenvalue weighted by Crippen LogP contribution is 2.32. The number of rotatable bonds is 7. The highest BCUT2D eigenvalue weighted by atomic mass is 19.4. The summed E-state index contributed by atoms with van der Waals surface area (Å²) in [5.41, 5.74) is 0.402. The van der Waals surface area contributed by atoms with Crippen LogP contribution < -0.4 is 5.32 Å². The minimum Gasteiger partial charge on any atom is -0.354 e. The highest BCUT2D eigenvalue weighted by molar-refractivity contribution is 5.94. The Hall–Kier alpha value is -2.94. The molecule has 1 aromatic carbocycles. The fourth-order valence-electron chi connectivity index (χ4n) is 5.10. The van der Waals surface area contributed by atoms with Crippen LogP contribution in [-0.2, 0) is 17.4 Å². The topological polar surface area (TPSA) is 65.5 Å². The molecule has 1 aliphatic heterocycles. The number of nitrogens with one attached hydrogen (secondary N) is 1. The number of pyridine rings is 1. The monoisotopic (exact) mass is 488 g/mol. The highest BCUT2D eigenvalue weighted by Gasteiger charge is 2.37. The van der Waals surface area contributed by atoms with E-state index in [1.165, 1.54) is 12.1 Å². The zero-order valence-corrected chi connectivity index (χ0v) is 19.6. The van der Waals surface area contributed by atoms with E-state index in [9.17, 15) is 22.8 Å². The van der Waals surface area contributed by atoms with Gasteiger partial charge in [0.05, 0.1) is 11.6 Å². The molecule has 1 aromatic heterocycles. The maximum atomic E-state index is 13.2. The fourth-order valence-corrected chi connectivity index (χ4v) is 5.10. The van der Waals surface area contributed by atoms with E-state index in [1.54, 1.807) is 11.1 Å². The zero-order chi connectivity index (χ0) is 24.8. The van der Waals surface area contributed by atoms with Crippen LogP contribution in [0.1, 0.15) is 47.3 Å². The van der Waals surface area contributed by atoms with Crippen LogP contribution in [0.4, 0.5) is 13.2 Å². The summed E-state index contributed by atoms with van der Waals surface area (Å²) in [4.78, 5) is 34.2. The van der Waals surface area contributed by atoms with Gasteiger partial charge in [-0.2, -0.15) is 13.2 Å². The number of benzene rings is 1. The third kappa shape index (κ3) is 6.39. The molecular formula is C26H31F3N4O2. The smallest absolute Gasteiger partial charge is 0.354 e. The van der Waals surface area contributed by atoms with Crippen molar-refractivity contribution in [1.29, 1.82) is 0 Å². The fraction of sp³-hybridized carbons (Fsp3) is 0.500. The maximum Gasteiger partial charge on any atom is 0.416 e. The number of nitrogens with zero attached hydrogens (tertiary/aromatic N) is 3. The van der Waals surface area contributed by atoms with Crippen molar-refractivity contribution < 1.29 is 22.8 Å². The minimum atomic E-state index is -4.43. The number of hydrogen-bond donors (Lipinski definition) is 1. The predicted molar refractivity (Wildman–Crippen MR) is 126 cm³/mol. The maximum absolute atomic E-state index is 13.2. The summed E-state index contributed by atoms with van der Waals surface area (Å²) < 4.78 is 38.4. The van der Waals surface area contributed by atoms with Crippen molar-refractivity contribution in [3.05, 3.63) is 65.5 Å². The van der Waals surface area contributed by atoms with Gasteiger partial charge in [-0.1, -0.05) is 18.9 Å². The molecule has 1 N–H and O–H groups in total. The van der Waals surface area contributed by atoms with Crippen LogP contribution in [0.15, 0.2) is 48.7 Å². The second-order valence-corrected chi connectivity index (χ2v) is 9.25. The van der Waals surface area contributed by atoms with Crippen LogP contribution in [0.3, 0.4) is 0 Å². The van der Waals surface area contributed by atoms with E-state index < -0.39 is 11.7 Å². The largest absolute Gasteiger partial charge is 0.416 e. The van der Waals surface area contributed by atoms with Gasteiger partial charge in [-0.05, 0) is 55.2 Å². The van der Waals surface area contributed by atoms with Crippen molar-refractivity contribution in [2.45, 2.75) is 44.3 Å².